The number of nitriles is 1. The minimum atomic E-state index is -1.03. The van der Waals surface area contributed by atoms with E-state index in [1.807, 2.05) is 6.07 Å². The SMILES string of the molecule is COCC(C)(CC(=O)O)NC(=O)COc1ccc(C#N)cc1. The standard InChI is InChI=1S/C15H18N2O5/c1-15(10-21-2,7-14(19)20)17-13(18)9-22-12-5-3-11(8-16)4-6-12/h3-6H,7,9-10H2,1-2H3,(H,17,18)(H,19,20). The van der Waals surface area contributed by atoms with Gasteiger partial charge in [0.2, 0.25) is 0 Å². The molecule has 0 aliphatic rings. The molecule has 0 saturated heterocycles. The zero-order valence-corrected chi connectivity index (χ0v) is 12.5. The molecule has 0 aliphatic carbocycles. The minimum absolute atomic E-state index is 0.0713. The Morgan fingerprint density at radius 2 is 2.00 bits per heavy atom. The summed E-state index contributed by atoms with van der Waals surface area (Å²) in [5.41, 5.74) is -0.517. The minimum Gasteiger partial charge on any atom is -0.484 e. The molecule has 1 aromatic carbocycles. The number of hydrogen-bond donors (Lipinski definition) is 2. The third-order valence-electron chi connectivity index (χ3n) is 2.80. The average Bonchev–Trinajstić information content (AvgIpc) is 2.44. The summed E-state index contributed by atoms with van der Waals surface area (Å²) in [4.78, 5) is 22.7. The lowest BCUT2D eigenvalue weighted by molar-refractivity contribution is -0.139. The molecular formula is C15H18N2O5. The van der Waals surface area contributed by atoms with Crippen LogP contribution in [0.2, 0.25) is 0 Å². The van der Waals surface area contributed by atoms with Gasteiger partial charge in [0, 0.05) is 7.11 Å². The number of amides is 1. The van der Waals surface area contributed by atoms with Crippen molar-refractivity contribution >= 4 is 11.9 Å². The smallest absolute Gasteiger partial charge is 0.305 e. The van der Waals surface area contributed by atoms with E-state index in [2.05, 4.69) is 5.32 Å². The molecule has 0 bridgehead atoms. The van der Waals surface area contributed by atoms with Crippen LogP contribution in [0.25, 0.3) is 0 Å². The van der Waals surface area contributed by atoms with E-state index < -0.39 is 17.4 Å². The van der Waals surface area contributed by atoms with Crippen molar-refractivity contribution in [1.29, 1.82) is 5.26 Å². The zero-order chi connectivity index (χ0) is 16.6. The van der Waals surface area contributed by atoms with E-state index in [0.717, 1.165) is 0 Å². The normalized spacial score (nSPS) is 12.8. The van der Waals surface area contributed by atoms with Gasteiger partial charge in [0.05, 0.1) is 30.2 Å². The first-order chi connectivity index (χ1) is 10.4. The van der Waals surface area contributed by atoms with Crippen molar-refractivity contribution in [2.24, 2.45) is 0 Å². The Morgan fingerprint density at radius 3 is 2.50 bits per heavy atom. The van der Waals surface area contributed by atoms with E-state index in [1.54, 1.807) is 31.2 Å². The second-order valence-electron chi connectivity index (χ2n) is 5.04. The van der Waals surface area contributed by atoms with Gasteiger partial charge < -0.3 is 19.9 Å². The zero-order valence-electron chi connectivity index (χ0n) is 12.5. The summed E-state index contributed by atoms with van der Waals surface area (Å²) in [5.74, 6) is -1.04. The number of carbonyl (C=O) groups is 2. The molecule has 1 aromatic rings. The van der Waals surface area contributed by atoms with Crippen LogP contribution in [0.1, 0.15) is 18.9 Å². The van der Waals surface area contributed by atoms with Crippen molar-refractivity contribution in [3.63, 3.8) is 0 Å². The Bertz CT molecular complexity index is 564. The number of hydrogen-bond acceptors (Lipinski definition) is 5. The molecule has 2 N–H and O–H groups in total. The number of carbonyl (C=O) groups excluding carboxylic acids is 1. The third kappa shape index (κ3) is 5.81. The molecule has 0 fully saturated rings. The van der Waals surface area contributed by atoms with Crippen LogP contribution >= 0.6 is 0 Å². The number of carboxylic acids is 1. The number of carboxylic acid groups (broad SMARTS) is 1. The largest absolute Gasteiger partial charge is 0.484 e. The van der Waals surface area contributed by atoms with Gasteiger partial charge in [-0.3, -0.25) is 9.59 Å². The van der Waals surface area contributed by atoms with E-state index in [1.165, 1.54) is 7.11 Å². The highest BCUT2D eigenvalue weighted by Crippen LogP contribution is 2.13. The van der Waals surface area contributed by atoms with Gasteiger partial charge >= 0.3 is 5.97 Å². The topological polar surface area (TPSA) is 109 Å². The van der Waals surface area contributed by atoms with Crippen molar-refractivity contribution in [1.82, 2.24) is 5.32 Å². The van der Waals surface area contributed by atoms with Gasteiger partial charge in [-0.15, -0.1) is 0 Å². The molecule has 7 nitrogen and oxygen atoms in total. The van der Waals surface area contributed by atoms with Crippen LogP contribution in [0.15, 0.2) is 24.3 Å². The number of nitrogens with zero attached hydrogens (tertiary/aromatic N) is 1. The second-order valence-corrected chi connectivity index (χ2v) is 5.04. The monoisotopic (exact) mass is 306 g/mol. The van der Waals surface area contributed by atoms with Gasteiger partial charge in [0.1, 0.15) is 5.75 Å². The summed E-state index contributed by atoms with van der Waals surface area (Å²) in [7, 11) is 1.43. The molecular weight excluding hydrogens is 288 g/mol. The van der Waals surface area contributed by atoms with Crippen molar-refractivity contribution in [2.75, 3.05) is 20.3 Å². The fourth-order valence-electron chi connectivity index (χ4n) is 1.93. The lowest BCUT2D eigenvalue weighted by Crippen LogP contribution is -2.52. The predicted molar refractivity (Wildman–Crippen MR) is 77.3 cm³/mol. The van der Waals surface area contributed by atoms with Gasteiger partial charge in [-0.25, -0.2) is 0 Å². The molecule has 0 radical (unpaired) electrons. The van der Waals surface area contributed by atoms with Gasteiger partial charge in [-0.2, -0.15) is 5.26 Å². The summed E-state index contributed by atoms with van der Waals surface area (Å²) in [6.07, 6.45) is -0.260. The Kier molecular flexibility index (Phi) is 6.35. The molecule has 0 heterocycles. The summed E-state index contributed by atoms with van der Waals surface area (Å²) in [5, 5.41) is 20.2. The van der Waals surface area contributed by atoms with E-state index >= 15 is 0 Å². The number of ether oxygens (including phenoxy) is 2. The van der Waals surface area contributed by atoms with Crippen molar-refractivity contribution in [2.45, 2.75) is 18.9 Å². The van der Waals surface area contributed by atoms with Crippen LogP contribution < -0.4 is 10.1 Å². The molecule has 1 unspecified atom stereocenters. The van der Waals surface area contributed by atoms with Crippen LogP contribution in [0, 0.1) is 11.3 Å². The van der Waals surface area contributed by atoms with Crippen molar-refractivity contribution in [3.05, 3.63) is 29.8 Å². The van der Waals surface area contributed by atoms with Crippen molar-refractivity contribution < 1.29 is 24.2 Å². The summed E-state index contributed by atoms with van der Waals surface area (Å²) in [6.45, 7) is 1.40. The van der Waals surface area contributed by atoms with Gasteiger partial charge in [-0.1, -0.05) is 0 Å². The van der Waals surface area contributed by atoms with Crippen molar-refractivity contribution in [3.8, 4) is 11.8 Å². The summed E-state index contributed by atoms with van der Waals surface area (Å²) < 4.78 is 10.2. The highest BCUT2D eigenvalue weighted by Gasteiger charge is 2.29. The first-order valence-corrected chi connectivity index (χ1v) is 6.53. The Balaban J connectivity index is 2.56. The maximum absolute atomic E-state index is 11.9. The highest BCUT2D eigenvalue weighted by molar-refractivity contribution is 5.79. The van der Waals surface area contributed by atoms with Gasteiger partial charge in [0.25, 0.3) is 5.91 Å². The molecule has 22 heavy (non-hydrogen) atoms. The molecule has 0 saturated carbocycles. The molecule has 0 aliphatic heterocycles. The molecule has 1 amide bonds. The molecule has 1 rings (SSSR count). The fraction of sp³-hybridized carbons (Fsp3) is 0.400. The lowest BCUT2D eigenvalue weighted by Gasteiger charge is -2.28. The van der Waals surface area contributed by atoms with E-state index in [-0.39, 0.29) is 19.6 Å². The van der Waals surface area contributed by atoms with Crippen LogP contribution in [0.5, 0.6) is 5.75 Å². The summed E-state index contributed by atoms with van der Waals surface area (Å²) in [6, 6.07) is 8.29. The molecule has 7 heteroatoms. The first-order valence-electron chi connectivity index (χ1n) is 6.53. The number of methoxy groups -OCH3 is 1. The average molecular weight is 306 g/mol. The Labute approximate surface area is 128 Å². The van der Waals surface area contributed by atoms with E-state index in [9.17, 15) is 9.59 Å². The first kappa shape index (κ1) is 17.5. The number of aliphatic carboxylic acids is 1. The maximum Gasteiger partial charge on any atom is 0.305 e. The van der Waals surface area contributed by atoms with Crippen LogP contribution in [0.3, 0.4) is 0 Å². The Morgan fingerprint density at radius 1 is 1.36 bits per heavy atom. The Hall–Kier alpha value is -2.59. The molecule has 118 valence electrons. The quantitative estimate of drug-likeness (QED) is 0.739. The lowest BCUT2D eigenvalue weighted by atomic mass is 9.99. The fourth-order valence-corrected chi connectivity index (χ4v) is 1.93. The molecule has 1 atom stereocenters. The van der Waals surface area contributed by atoms with Crippen LogP contribution in [0.4, 0.5) is 0 Å². The molecule has 0 aromatic heterocycles. The highest BCUT2D eigenvalue weighted by atomic mass is 16.5. The second kappa shape index (κ2) is 8.00. The van der Waals surface area contributed by atoms with E-state index in [0.29, 0.717) is 11.3 Å². The number of rotatable bonds is 8. The van der Waals surface area contributed by atoms with Gasteiger partial charge in [-0.05, 0) is 31.2 Å². The third-order valence-corrected chi connectivity index (χ3v) is 2.80. The summed E-state index contributed by atoms with van der Waals surface area (Å²) >= 11 is 0. The predicted octanol–water partition coefficient (Wildman–Crippen LogP) is 0.933. The van der Waals surface area contributed by atoms with Crippen LogP contribution in [-0.2, 0) is 14.3 Å². The van der Waals surface area contributed by atoms with E-state index in [4.69, 9.17) is 19.8 Å². The van der Waals surface area contributed by atoms with Crippen LogP contribution in [-0.4, -0.2) is 42.8 Å². The number of nitrogens with one attached hydrogen (secondary N) is 1. The number of benzene rings is 1. The van der Waals surface area contributed by atoms with Gasteiger partial charge in [0.15, 0.2) is 6.61 Å². The molecule has 0 spiro atoms. The maximum atomic E-state index is 11.9.